The summed E-state index contributed by atoms with van der Waals surface area (Å²) in [5, 5.41) is 3.02. The summed E-state index contributed by atoms with van der Waals surface area (Å²) in [7, 11) is 0. The van der Waals surface area contributed by atoms with Crippen LogP contribution in [0.25, 0.3) is 0 Å². The molecule has 4 rings (SSSR count). The number of amides is 4. The summed E-state index contributed by atoms with van der Waals surface area (Å²) in [6.07, 6.45) is 0.784. The van der Waals surface area contributed by atoms with Crippen molar-refractivity contribution in [1.29, 1.82) is 0 Å². The highest BCUT2D eigenvalue weighted by atomic mass is 16.2. The van der Waals surface area contributed by atoms with E-state index in [0.717, 1.165) is 11.1 Å². The van der Waals surface area contributed by atoms with Crippen molar-refractivity contribution >= 4 is 23.6 Å². The smallest absolute Gasteiger partial charge is 0.261 e. The number of carbonyl (C=O) groups excluding carboxylic acids is 4. The monoisotopic (exact) mass is 525 g/mol. The van der Waals surface area contributed by atoms with Gasteiger partial charge in [0.15, 0.2) is 0 Å². The maximum absolute atomic E-state index is 13.7. The number of nitrogens with one attached hydrogen (secondary N) is 1. The van der Waals surface area contributed by atoms with Gasteiger partial charge in [0.2, 0.25) is 11.8 Å². The first-order chi connectivity index (χ1) is 18.8. The molecule has 3 aromatic rings. The minimum atomic E-state index is -0.710. The molecule has 1 heterocycles. The molecule has 4 amide bonds. The largest absolute Gasteiger partial charge is 0.354 e. The zero-order valence-corrected chi connectivity index (χ0v) is 22.5. The number of benzene rings is 3. The van der Waals surface area contributed by atoms with Gasteiger partial charge in [0.1, 0.15) is 6.04 Å². The fourth-order valence-electron chi connectivity index (χ4n) is 4.73. The Morgan fingerprint density at radius 2 is 1.33 bits per heavy atom. The molecule has 0 saturated heterocycles. The van der Waals surface area contributed by atoms with E-state index < -0.39 is 6.04 Å². The number of fused-ring (bicyclic) bond motifs is 1. The van der Waals surface area contributed by atoms with Gasteiger partial charge in [0.25, 0.3) is 11.8 Å². The highest BCUT2D eigenvalue weighted by Crippen LogP contribution is 2.23. The van der Waals surface area contributed by atoms with Crippen molar-refractivity contribution in [3.8, 4) is 0 Å². The molecule has 1 aliphatic rings. The minimum Gasteiger partial charge on any atom is -0.354 e. The molecular formula is C32H35N3O4. The molecule has 7 nitrogen and oxygen atoms in total. The summed E-state index contributed by atoms with van der Waals surface area (Å²) in [6, 6.07) is 25.3. The van der Waals surface area contributed by atoms with E-state index in [2.05, 4.69) is 5.32 Å². The summed E-state index contributed by atoms with van der Waals surface area (Å²) in [5.41, 5.74) is 2.66. The Kier molecular flexibility index (Phi) is 9.26. The summed E-state index contributed by atoms with van der Waals surface area (Å²) in [6.45, 7) is 4.98. The number of rotatable bonds is 12. The molecule has 1 N–H and O–H groups in total. The molecule has 1 unspecified atom stereocenters. The average Bonchev–Trinajstić information content (AvgIpc) is 3.19. The molecule has 7 heteroatoms. The SMILES string of the molecule is CC(C)CNC(=O)C(Cc1ccccc1)N(Cc1ccccc1)C(=O)CCCN1C(=O)c2ccccc2C1=O. The number of nitrogens with zero attached hydrogens (tertiary/aromatic N) is 2. The third-order valence-electron chi connectivity index (χ3n) is 6.80. The van der Waals surface area contributed by atoms with Gasteiger partial charge in [-0.05, 0) is 35.6 Å². The van der Waals surface area contributed by atoms with E-state index >= 15 is 0 Å². The molecule has 202 valence electrons. The van der Waals surface area contributed by atoms with E-state index in [1.54, 1.807) is 29.2 Å². The van der Waals surface area contributed by atoms with Gasteiger partial charge >= 0.3 is 0 Å². The van der Waals surface area contributed by atoms with E-state index in [1.807, 2.05) is 74.5 Å². The van der Waals surface area contributed by atoms with Crippen LogP contribution in [-0.4, -0.2) is 52.6 Å². The second kappa shape index (κ2) is 13.0. The number of hydrogen-bond acceptors (Lipinski definition) is 4. The van der Waals surface area contributed by atoms with Crippen molar-refractivity contribution in [1.82, 2.24) is 15.1 Å². The van der Waals surface area contributed by atoms with Gasteiger partial charge in [-0.15, -0.1) is 0 Å². The molecule has 0 radical (unpaired) electrons. The topological polar surface area (TPSA) is 86.8 Å². The van der Waals surface area contributed by atoms with E-state index in [1.165, 1.54) is 4.90 Å². The fraction of sp³-hybridized carbons (Fsp3) is 0.312. The molecule has 0 aromatic heterocycles. The van der Waals surface area contributed by atoms with Gasteiger partial charge in [-0.1, -0.05) is 86.6 Å². The summed E-state index contributed by atoms with van der Waals surface area (Å²) in [5.74, 6) is -0.795. The van der Waals surface area contributed by atoms with Gasteiger partial charge in [-0.2, -0.15) is 0 Å². The molecule has 3 aromatic carbocycles. The lowest BCUT2D eigenvalue weighted by Gasteiger charge is -2.32. The second-order valence-electron chi connectivity index (χ2n) is 10.3. The molecule has 1 atom stereocenters. The molecule has 0 aliphatic carbocycles. The maximum Gasteiger partial charge on any atom is 0.261 e. The first-order valence-corrected chi connectivity index (χ1v) is 13.5. The van der Waals surface area contributed by atoms with Crippen molar-refractivity contribution in [3.05, 3.63) is 107 Å². The predicted molar refractivity (Wildman–Crippen MR) is 150 cm³/mol. The predicted octanol–water partition coefficient (Wildman–Crippen LogP) is 4.48. The fourth-order valence-corrected chi connectivity index (χ4v) is 4.73. The highest BCUT2D eigenvalue weighted by Gasteiger charge is 2.35. The highest BCUT2D eigenvalue weighted by molar-refractivity contribution is 6.21. The zero-order valence-electron chi connectivity index (χ0n) is 22.5. The average molecular weight is 526 g/mol. The van der Waals surface area contributed by atoms with Crippen LogP contribution in [0.15, 0.2) is 84.9 Å². The van der Waals surface area contributed by atoms with E-state index in [0.29, 0.717) is 30.5 Å². The van der Waals surface area contributed by atoms with Crippen molar-refractivity contribution in [2.75, 3.05) is 13.1 Å². The Hall–Kier alpha value is -4.26. The standard InChI is InChI=1S/C32H35N3O4/c1-23(2)21-33-30(37)28(20-24-12-5-3-6-13-24)35(22-25-14-7-4-8-15-25)29(36)18-11-19-34-31(38)26-16-9-10-17-27(26)32(34)39/h3-10,12-17,23,28H,11,18-22H2,1-2H3,(H,33,37). The van der Waals surface area contributed by atoms with Crippen LogP contribution in [0, 0.1) is 5.92 Å². The number of carbonyl (C=O) groups is 4. The molecular weight excluding hydrogens is 490 g/mol. The van der Waals surface area contributed by atoms with E-state index in [4.69, 9.17) is 0 Å². The molecule has 1 aliphatic heterocycles. The van der Waals surface area contributed by atoms with Crippen molar-refractivity contribution in [2.24, 2.45) is 5.92 Å². The minimum absolute atomic E-state index is 0.100. The first-order valence-electron chi connectivity index (χ1n) is 13.5. The maximum atomic E-state index is 13.7. The quantitative estimate of drug-likeness (QED) is 0.354. The third kappa shape index (κ3) is 6.99. The Balaban J connectivity index is 1.52. The van der Waals surface area contributed by atoms with Crippen LogP contribution < -0.4 is 5.32 Å². The van der Waals surface area contributed by atoms with Crippen LogP contribution in [-0.2, 0) is 22.6 Å². The molecule has 0 bridgehead atoms. The van der Waals surface area contributed by atoms with Gasteiger partial charge in [-0.3, -0.25) is 24.1 Å². The summed E-state index contributed by atoms with van der Waals surface area (Å²) in [4.78, 5) is 55.5. The lowest BCUT2D eigenvalue weighted by molar-refractivity contribution is -0.141. The van der Waals surface area contributed by atoms with Crippen LogP contribution in [0.5, 0.6) is 0 Å². The molecule has 0 spiro atoms. The third-order valence-corrected chi connectivity index (χ3v) is 6.80. The van der Waals surface area contributed by atoms with E-state index in [9.17, 15) is 19.2 Å². The van der Waals surface area contributed by atoms with E-state index in [-0.39, 0.29) is 49.1 Å². The van der Waals surface area contributed by atoms with Crippen LogP contribution in [0.2, 0.25) is 0 Å². The Bertz CT molecular complexity index is 1270. The van der Waals surface area contributed by atoms with Crippen LogP contribution in [0.1, 0.15) is 58.5 Å². The molecule has 0 saturated carbocycles. The number of hydrogen-bond donors (Lipinski definition) is 1. The van der Waals surface area contributed by atoms with Crippen LogP contribution in [0.4, 0.5) is 0 Å². The van der Waals surface area contributed by atoms with Gasteiger partial charge in [0.05, 0.1) is 11.1 Å². The van der Waals surface area contributed by atoms with Crippen molar-refractivity contribution in [3.63, 3.8) is 0 Å². The van der Waals surface area contributed by atoms with Crippen LogP contribution in [0.3, 0.4) is 0 Å². The lowest BCUT2D eigenvalue weighted by Crippen LogP contribution is -2.51. The van der Waals surface area contributed by atoms with Gasteiger partial charge < -0.3 is 10.2 Å². The summed E-state index contributed by atoms with van der Waals surface area (Å²) >= 11 is 0. The molecule has 39 heavy (non-hydrogen) atoms. The lowest BCUT2D eigenvalue weighted by atomic mass is 10.0. The summed E-state index contributed by atoms with van der Waals surface area (Å²) < 4.78 is 0. The van der Waals surface area contributed by atoms with Crippen molar-refractivity contribution in [2.45, 2.75) is 45.7 Å². The Morgan fingerprint density at radius 1 is 0.795 bits per heavy atom. The van der Waals surface area contributed by atoms with Crippen LogP contribution >= 0.6 is 0 Å². The normalized spacial score (nSPS) is 13.4. The Morgan fingerprint density at radius 3 is 1.90 bits per heavy atom. The Labute approximate surface area is 229 Å². The zero-order chi connectivity index (χ0) is 27.8. The van der Waals surface area contributed by atoms with Crippen molar-refractivity contribution < 1.29 is 19.2 Å². The second-order valence-corrected chi connectivity index (χ2v) is 10.3. The molecule has 0 fully saturated rings. The van der Waals surface area contributed by atoms with Gasteiger partial charge in [-0.25, -0.2) is 0 Å². The number of imide groups is 1. The van der Waals surface area contributed by atoms with Gasteiger partial charge in [0, 0.05) is 32.5 Å². The first kappa shape index (κ1) is 27.8.